The minimum atomic E-state index is -1.22. The lowest BCUT2D eigenvalue weighted by molar-refractivity contribution is -0.143. The van der Waals surface area contributed by atoms with Crippen molar-refractivity contribution in [3.63, 3.8) is 0 Å². The third-order valence-electron chi connectivity index (χ3n) is 8.68. The van der Waals surface area contributed by atoms with Gasteiger partial charge in [-0.2, -0.15) is 0 Å². The van der Waals surface area contributed by atoms with Crippen molar-refractivity contribution >= 4 is 41.5 Å². The lowest BCUT2D eigenvalue weighted by Gasteiger charge is -2.29. The van der Waals surface area contributed by atoms with Crippen LogP contribution in [0.2, 0.25) is 0 Å². The van der Waals surface area contributed by atoms with E-state index in [0.717, 1.165) is 25.7 Å². The predicted molar refractivity (Wildman–Crippen MR) is 188 cm³/mol. The molecular weight excluding hydrogens is 632 g/mol. The highest BCUT2D eigenvalue weighted by molar-refractivity contribution is 5.95. The molecule has 0 aromatic heterocycles. The zero-order valence-electron chi connectivity index (χ0n) is 29.5. The number of hydrogen-bond acceptors (Lipinski definition) is 7. The van der Waals surface area contributed by atoms with Crippen molar-refractivity contribution in [1.29, 1.82) is 0 Å². The number of carboxylic acid groups (broad SMARTS) is 1. The SMILES string of the molecule is CCCCCCCCCCCCCCCC(=O)NCC(=O)N[C@@H](CCC(=O)O)C(=O)N1CCC[C@H]1C(=O)N[C@@H](CCCN=C(N)N)C(N)=O. The van der Waals surface area contributed by atoms with E-state index < -0.39 is 54.1 Å². The van der Waals surface area contributed by atoms with E-state index in [9.17, 15) is 33.9 Å². The molecule has 1 heterocycles. The Morgan fingerprint density at radius 1 is 0.755 bits per heavy atom. The molecule has 0 aromatic carbocycles. The third-order valence-corrected chi connectivity index (χ3v) is 8.68. The van der Waals surface area contributed by atoms with E-state index >= 15 is 0 Å². The van der Waals surface area contributed by atoms with Gasteiger partial charge in [-0.05, 0) is 38.5 Å². The zero-order chi connectivity index (χ0) is 36.4. The van der Waals surface area contributed by atoms with Gasteiger partial charge < -0.3 is 43.2 Å². The van der Waals surface area contributed by atoms with Crippen LogP contribution >= 0.6 is 0 Å². The maximum absolute atomic E-state index is 13.5. The van der Waals surface area contributed by atoms with Crippen LogP contribution in [0.4, 0.5) is 0 Å². The summed E-state index contributed by atoms with van der Waals surface area (Å²) in [5, 5.41) is 16.9. The number of nitrogens with one attached hydrogen (secondary N) is 3. The summed E-state index contributed by atoms with van der Waals surface area (Å²) in [4.78, 5) is 80.1. The van der Waals surface area contributed by atoms with Crippen molar-refractivity contribution in [2.45, 2.75) is 153 Å². The number of nitrogens with two attached hydrogens (primary N) is 3. The average molecular weight is 695 g/mol. The fourth-order valence-electron chi connectivity index (χ4n) is 5.90. The van der Waals surface area contributed by atoms with Crippen LogP contribution in [-0.4, -0.2) is 89.2 Å². The minimum absolute atomic E-state index is 0.100. The van der Waals surface area contributed by atoms with E-state index in [0.29, 0.717) is 19.3 Å². The number of carboxylic acids is 1. The number of guanidine groups is 1. The minimum Gasteiger partial charge on any atom is -0.481 e. The molecule has 3 atom stereocenters. The van der Waals surface area contributed by atoms with Gasteiger partial charge in [0.2, 0.25) is 29.5 Å². The van der Waals surface area contributed by atoms with Crippen molar-refractivity contribution in [2.75, 3.05) is 19.6 Å². The largest absolute Gasteiger partial charge is 0.481 e. The number of amides is 5. The summed E-state index contributed by atoms with van der Waals surface area (Å²) >= 11 is 0. The van der Waals surface area contributed by atoms with E-state index in [4.69, 9.17) is 17.2 Å². The van der Waals surface area contributed by atoms with E-state index in [-0.39, 0.29) is 50.8 Å². The number of primary amides is 1. The van der Waals surface area contributed by atoms with Crippen LogP contribution in [0.15, 0.2) is 4.99 Å². The molecule has 0 bridgehead atoms. The summed E-state index contributed by atoms with van der Waals surface area (Å²) in [6.07, 6.45) is 16.6. The molecule has 1 saturated heterocycles. The van der Waals surface area contributed by atoms with Gasteiger partial charge in [-0.1, -0.05) is 84.0 Å². The van der Waals surface area contributed by atoms with Crippen LogP contribution in [0.25, 0.3) is 0 Å². The van der Waals surface area contributed by atoms with Crippen molar-refractivity contribution in [3.05, 3.63) is 0 Å². The second kappa shape index (κ2) is 26.0. The maximum Gasteiger partial charge on any atom is 0.303 e. The first-order valence-corrected chi connectivity index (χ1v) is 18.2. The lowest BCUT2D eigenvalue weighted by Crippen LogP contribution is -2.56. The molecule has 5 amide bonds. The first-order chi connectivity index (χ1) is 23.5. The number of carbonyl (C=O) groups is 6. The number of likely N-dealkylation sites (tertiary alicyclic amines) is 1. The van der Waals surface area contributed by atoms with Crippen LogP contribution in [0.1, 0.15) is 135 Å². The molecule has 15 heteroatoms. The second-order valence-electron chi connectivity index (χ2n) is 12.9. The normalized spacial score (nSPS) is 15.2. The summed E-state index contributed by atoms with van der Waals surface area (Å²) in [6, 6.07) is -3.16. The molecule has 0 unspecified atom stereocenters. The quantitative estimate of drug-likeness (QED) is 0.0358. The lowest BCUT2D eigenvalue weighted by atomic mass is 10.0. The highest BCUT2D eigenvalue weighted by atomic mass is 16.4. The molecule has 1 fully saturated rings. The van der Waals surface area contributed by atoms with Gasteiger partial charge >= 0.3 is 5.97 Å². The topological polar surface area (TPSA) is 252 Å². The van der Waals surface area contributed by atoms with Crippen LogP contribution < -0.4 is 33.2 Å². The molecule has 1 aliphatic rings. The molecule has 0 aromatic rings. The molecule has 0 spiro atoms. The molecule has 0 saturated carbocycles. The second-order valence-corrected chi connectivity index (χ2v) is 12.9. The molecule has 1 rings (SSSR count). The Labute approximate surface area is 291 Å². The van der Waals surface area contributed by atoms with Crippen LogP contribution in [0.3, 0.4) is 0 Å². The number of aliphatic imine (C=N–C) groups is 1. The third kappa shape index (κ3) is 20.3. The number of rotatable bonds is 28. The Bertz CT molecular complexity index is 1070. The highest BCUT2D eigenvalue weighted by Gasteiger charge is 2.38. The summed E-state index contributed by atoms with van der Waals surface area (Å²) in [5.41, 5.74) is 16.1. The first kappa shape index (κ1) is 43.1. The number of aliphatic carboxylic acids is 1. The Kier molecular flexibility index (Phi) is 22.9. The van der Waals surface area contributed by atoms with E-state index in [2.05, 4.69) is 27.9 Å². The molecule has 1 aliphatic heterocycles. The van der Waals surface area contributed by atoms with Gasteiger partial charge in [-0.15, -0.1) is 0 Å². The molecule has 0 aliphatic carbocycles. The number of hydrogen-bond donors (Lipinski definition) is 7. The Morgan fingerprint density at radius 2 is 1.35 bits per heavy atom. The van der Waals surface area contributed by atoms with Crippen LogP contribution in [0.5, 0.6) is 0 Å². The first-order valence-electron chi connectivity index (χ1n) is 18.2. The van der Waals surface area contributed by atoms with Crippen molar-refractivity contribution in [1.82, 2.24) is 20.9 Å². The van der Waals surface area contributed by atoms with Gasteiger partial charge in [0.15, 0.2) is 5.96 Å². The Hall–Kier alpha value is -3.91. The molecule has 0 radical (unpaired) electrons. The Morgan fingerprint density at radius 3 is 1.90 bits per heavy atom. The number of carbonyl (C=O) groups excluding carboxylic acids is 5. The smallest absolute Gasteiger partial charge is 0.303 e. The molecule has 280 valence electrons. The summed E-state index contributed by atoms with van der Waals surface area (Å²) in [5.74, 6) is -4.12. The fraction of sp³-hybridized carbons (Fsp3) is 0.794. The highest BCUT2D eigenvalue weighted by Crippen LogP contribution is 2.20. The molecular formula is C34H62N8O7. The van der Waals surface area contributed by atoms with Gasteiger partial charge in [-0.3, -0.25) is 33.8 Å². The van der Waals surface area contributed by atoms with Crippen molar-refractivity contribution in [2.24, 2.45) is 22.2 Å². The molecule has 10 N–H and O–H groups in total. The Balaban J connectivity index is 2.51. The van der Waals surface area contributed by atoms with E-state index in [1.807, 2.05) is 0 Å². The zero-order valence-corrected chi connectivity index (χ0v) is 29.5. The van der Waals surface area contributed by atoms with E-state index in [1.54, 1.807) is 0 Å². The monoisotopic (exact) mass is 694 g/mol. The van der Waals surface area contributed by atoms with Gasteiger partial charge in [-0.25, -0.2) is 0 Å². The standard InChI is InChI=1S/C34H62N8O7/c1-2-3-4-5-6-7-8-9-10-11-12-13-14-19-28(43)39-24-29(44)40-26(20-21-30(45)46)33(49)42-23-16-18-27(42)32(48)41-25(31(35)47)17-15-22-38-34(36)37/h25-27H,2-24H2,1H3,(H2,35,47)(H,39,43)(H,40,44)(H,41,48)(H,45,46)(H4,36,37,38)/t25-,26-,27-/m0/s1. The van der Waals surface area contributed by atoms with Crippen molar-refractivity contribution < 1.29 is 33.9 Å². The van der Waals surface area contributed by atoms with Crippen LogP contribution in [-0.2, 0) is 28.8 Å². The number of nitrogens with zero attached hydrogens (tertiary/aromatic N) is 2. The van der Waals surface area contributed by atoms with Gasteiger partial charge in [0.1, 0.15) is 18.1 Å². The summed E-state index contributed by atoms with van der Waals surface area (Å²) in [7, 11) is 0. The van der Waals surface area contributed by atoms with Crippen LogP contribution in [0, 0.1) is 0 Å². The van der Waals surface area contributed by atoms with Gasteiger partial charge in [0.25, 0.3) is 0 Å². The maximum atomic E-state index is 13.5. The summed E-state index contributed by atoms with van der Waals surface area (Å²) in [6.45, 7) is 2.31. The fourth-order valence-corrected chi connectivity index (χ4v) is 5.90. The van der Waals surface area contributed by atoms with Gasteiger partial charge in [0, 0.05) is 25.9 Å². The predicted octanol–water partition coefficient (Wildman–Crippen LogP) is 1.95. The summed E-state index contributed by atoms with van der Waals surface area (Å²) < 4.78 is 0. The number of unbranched alkanes of at least 4 members (excludes halogenated alkanes) is 12. The van der Waals surface area contributed by atoms with E-state index in [1.165, 1.54) is 62.7 Å². The molecule has 49 heavy (non-hydrogen) atoms. The van der Waals surface area contributed by atoms with Gasteiger partial charge in [0.05, 0.1) is 6.54 Å². The van der Waals surface area contributed by atoms with Crippen molar-refractivity contribution in [3.8, 4) is 0 Å². The average Bonchev–Trinajstić information content (AvgIpc) is 3.55. The molecule has 15 nitrogen and oxygen atoms in total.